The molecule has 3 rings (SSSR count). The molecule has 0 aliphatic heterocycles. The van der Waals surface area contributed by atoms with Gasteiger partial charge in [-0.25, -0.2) is 9.97 Å². The SMILES string of the molecule is O=C(Cn1cnc2sccc2c1=O)NCCSc1ncc(C(F)(F)F)cc1Cl. The number of fused-ring (bicyclic) bond motifs is 1. The maximum atomic E-state index is 12.6. The normalized spacial score (nSPS) is 11.7. The fourth-order valence-corrected chi connectivity index (χ4v) is 4.02. The summed E-state index contributed by atoms with van der Waals surface area (Å²) in [6.45, 7) is 0.0486. The molecule has 12 heteroatoms. The van der Waals surface area contributed by atoms with E-state index in [9.17, 15) is 22.8 Å². The molecule has 0 saturated carbocycles. The Labute approximate surface area is 169 Å². The van der Waals surface area contributed by atoms with E-state index in [0.717, 1.165) is 17.8 Å². The highest BCUT2D eigenvalue weighted by Gasteiger charge is 2.31. The molecule has 0 atom stereocenters. The number of hydrogen-bond acceptors (Lipinski definition) is 6. The molecule has 0 bridgehead atoms. The van der Waals surface area contributed by atoms with Gasteiger partial charge in [-0.1, -0.05) is 11.6 Å². The van der Waals surface area contributed by atoms with Gasteiger partial charge >= 0.3 is 6.18 Å². The average Bonchev–Trinajstić information content (AvgIpc) is 3.11. The Hall–Kier alpha value is -2.11. The number of alkyl halides is 3. The molecule has 0 saturated heterocycles. The summed E-state index contributed by atoms with van der Waals surface area (Å²) in [5.74, 6) is -0.0360. The summed E-state index contributed by atoms with van der Waals surface area (Å²) in [5, 5.41) is 4.98. The maximum Gasteiger partial charge on any atom is 0.417 e. The molecule has 0 radical (unpaired) electrons. The van der Waals surface area contributed by atoms with E-state index in [1.54, 1.807) is 11.4 Å². The van der Waals surface area contributed by atoms with E-state index in [-0.39, 0.29) is 34.6 Å². The molecule has 0 fully saturated rings. The van der Waals surface area contributed by atoms with Crippen LogP contribution in [0.1, 0.15) is 5.56 Å². The minimum absolute atomic E-state index is 0.104. The number of carbonyl (C=O) groups is 1. The number of thiophene rings is 1. The molecule has 3 heterocycles. The zero-order valence-electron chi connectivity index (χ0n) is 14.0. The second kappa shape index (κ2) is 8.50. The minimum atomic E-state index is -4.51. The highest BCUT2D eigenvalue weighted by atomic mass is 35.5. The number of aromatic nitrogens is 3. The lowest BCUT2D eigenvalue weighted by Crippen LogP contribution is -2.33. The number of thioether (sulfide) groups is 1. The van der Waals surface area contributed by atoms with Crippen molar-refractivity contribution in [1.82, 2.24) is 19.9 Å². The Balaban J connectivity index is 1.50. The number of amides is 1. The Morgan fingerprint density at radius 3 is 2.86 bits per heavy atom. The summed E-state index contributed by atoms with van der Waals surface area (Å²) < 4.78 is 39.0. The van der Waals surface area contributed by atoms with Crippen molar-refractivity contribution in [2.75, 3.05) is 12.3 Å². The Morgan fingerprint density at radius 1 is 1.36 bits per heavy atom. The highest BCUT2D eigenvalue weighted by Crippen LogP contribution is 2.33. The van der Waals surface area contributed by atoms with Crippen LogP contribution in [0.2, 0.25) is 5.02 Å². The quantitative estimate of drug-likeness (QED) is 0.462. The van der Waals surface area contributed by atoms with Crippen molar-refractivity contribution >= 4 is 50.8 Å². The van der Waals surface area contributed by atoms with Crippen molar-refractivity contribution in [2.24, 2.45) is 0 Å². The molecule has 28 heavy (non-hydrogen) atoms. The molecule has 0 aromatic carbocycles. The molecule has 3 aromatic rings. The number of carbonyl (C=O) groups excluding carboxylic acids is 1. The average molecular weight is 449 g/mol. The molecule has 0 spiro atoms. The smallest absolute Gasteiger partial charge is 0.354 e. The standard InChI is InChI=1S/C16H12ClF3N4O2S2/c17-11-5-9(16(18,19)20)6-22-14(11)28-4-2-21-12(25)7-24-8-23-13-10(15(24)26)1-3-27-13/h1,3,5-6,8H,2,4,7H2,(H,21,25). The van der Waals surface area contributed by atoms with Gasteiger partial charge < -0.3 is 5.32 Å². The van der Waals surface area contributed by atoms with E-state index >= 15 is 0 Å². The van der Waals surface area contributed by atoms with Crippen LogP contribution in [-0.4, -0.2) is 32.7 Å². The number of hydrogen-bond donors (Lipinski definition) is 1. The molecule has 0 unspecified atom stereocenters. The number of nitrogens with one attached hydrogen (secondary N) is 1. The van der Waals surface area contributed by atoms with Crippen molar-refractivity contribution in [3.63, 3.8) is 0 Å². The van der Waals surface area contributed by atoms with Crippen molar-refractivity contribution in [3.8, 4) is 0 Å². The summed E-state index contributed by atoms with van der Waals surface area (Å²) in [6.07, 6.45) is -2.47. The van der Waals surface area contributed by atoms with Crippen molar-refractivity contribution in [1.29, 1.82) is 0 Å². The fraction of sp³-hybridized carbons (Fsp3) is 0.250. The maximum absolute atomic E-state index is 12.6. The summed E-state index contributed by atoms with van der Waals surface area (Å²) in [6, 6.07) is 2.47. The Kier molecular flexibility index (Phi) is 6.26. The van der Waals surface area contributed by atoms with Gasteiger partial charge in [0.1, 0.15) is 16.4 Å². The number of halogens is 4. The third kappa shape index (κ3) is 4.83. The first-order valence-electron chi connectivity index (χ1n) is 7.80. The predicted molar refractivity (Wildman–Crippen MR) is 102 cm³/mol. The monoisotopic (exact) mass is 448 g/mol. The number of nitrogens with zero attached hydrogens (tertiary/aromatic N) is 3. The predicted octanol–water partition coefficient (Wildman–Crippen LogP) is 3.43. The third-order valence-electron chi connectivity index (χ3n) is 3.56. The molecule has 0 aliphatic rings. The molecule has 3 aromatic heterocycles. The topological polar surface area (TPSA) is 76.9 Å². The molecule has 148 valence electrons. The van der Waals surface area contributed by atoms with Crippen LogP contribution in [-0.2, 0) is 17.5 Å². The Bertz CT molecular complexity index is 1070. The largest absolute Gasteiger partial charge is 0.417 e. The lowest BCUT2D eigenvalue weighted by Gasteiger charge is -2.09. The van der Waals surface area contributed by atoms with Crippen LogP contribution in [0.25, 0.3) is 10.2 Å². The molecular formula is C16H12ClF3N4O2S2. The molecule has 0 aliphatic carbocycles. The third-order valence-corrected chi connectivity index (χ3v) is 5.79. The first-order chi connectivity index (χ1) is 13.3. The van der Waals surface area contributed by atoms with E-state index in [1.165, 1.54) is 22.2 Å². The van der Waals surface area contributed by atoms with E-state index < -0.39 is 11.7 Å². The van der Waals surface area contributed by atoms with Gasteiger partial charge in [0.05, 0.1) is 22.3 Å². The summed E-state index contributed by atoms with van der Waals surface area (Å²) in [5.41, 5.74) is -1.21. The van der Waals surface area contributed by atoms with Gasteiger partial charge in [-0.2, -0.15) is 13.2 Å². The lowest BCUT2D eigenvalue weighted by atomic mass is 10.3. The van der Waals surface area contributed by atoms with Crippen molar-refractivity contribution < 1.29 is 18.0 Å². The van der Waals surface area contributed by atoms with Crippen LogP contribution < -0.4 is 10.9 Å². The van der Waals surface area contributed by atoms with Gasteiger partial charge in [-0.15, -0.1) is 23.1 Å². The highest BCUT2D eigenvalue weighted by molar-refractivity contribution is 7.99. The fourth-order valence-electron chi connectivity index (χ4n) is 2.24. The molecule has 6 nitrogen and oxygen atoms in total. The molecular weight excluding hydrogens is 437 g/mol. The van der Waals surface area contributed by atoms with Crippen LogP contribution in [0, 0.1) is 0 Å². The van der Waals surface area contributed by atoms with E-state index in [0.29, 0.717) is 22.2 Å². The van der Waals surface area contributed by atoms with Gasteiger partial charge in [0.25, 0.3) is 5.56 Å². The number of rotatable bonds is 6. The minimum Gasteiger partial charge on any atom is -0.354 e. The zero-order valence-corrected chi connectivity index (χ0v) is 16.4. The van der Waals surface area contributed by atoms with Crippen LogP contribution in [0.4, 0.5) is 13.2 Å². The summed E-state index contributed by atoms with van der Waals surface area (Å²) in [4.78, 5) is 32.7. The van der Waals surface area contributed by atoms with Gasteiger partial charge in [0.2, 0.25) is 5.91 Å². The van der Waals surface area contributed by atoms with E-state index in [1.807, 2.05) is 0 Å². The van der Waals surface area contributed by atoms with Gasteiger partial charge in [-0.3, -0.25) is 14.2 Å². The lowest BCUT2D eigenvalue weighted by molar-refractivity contribution is -0.137. The first-order valence-corrected chi connectivity index (χ1v) is 10.0. The van der Waals surface area contributed by atoms with Gasteiger partial charge in [-0.05, 0) is 17.5 Å². The molecule has 1 N–H and O–H groups in total. The van der Waals surface area contributed by atoms with Crippen LogP contribution in [0.5, 0.6) is 0 Å². The van der Waals surface area contributed by atoms with Crippen molar-refractivity contribution in [2.45, 2.75) is 17.7 Å². The van der Waals surface area contributed by atoms with E-state index in [4.69, 9.17) is 11.6 Å². The van der Waals surface area contributed by atoms with Crippen LogP contribution in [0.15, 0.2) is 39.9 Å². The van der Waals surface area contributed by atoms with Gasteiger partial charge in [0.15, 0.2) is 0 Å². The Morgan fingerprint density at radius 2 is 2.14 bits per heavy atom. The van der Waals surface area contributed by atoms with Gasteiger partial charge in [0, 0.05) is 18.5 Å². The van der Waals surface area contributed by atoms with Crippen molar-refractivity contribution in [3.05, 3.63) is 51.0 Å². The first kappa shape index (κ1) is 20.6. The second-order valence-electron chi connectivity index (χ2n) is 5.52. The summed E-state index contributed by atoms with van der Waals surface area (Å²) in [7, 11) is 0. The molecule has 1 amide bonds. The zero-order chi connectivity index (χ0) is 20.3. The van der Waals surface area contributed by atoms with E-state index in [2.05, 4.69) is 15.3 Å². The summed E-state index contributed by atoms with van der Waals surface area (Å²) >= 11 is 8.28. The number of pyridine rings is 1. The van der Waals surface area contributed by atoms with Crippen LogP contribution in [0.3, 0.4) is 0 Å². The van der Waals surface area contributed by atoms with Crippen LogP contribution >= 0.6 is 34.7 Å². The second-order valence-corrected chi connectivity index (χ2v) is 7.91.